The van der Waals surface area contributed by atoms with Crippen LogP contribution in [0.2, 0.25) is 0 Å². The minimum atomic E-state index is -1.07. The molecular weight excluding hydrogens is 448 g/mol. The van der Waals surface area contributed by atoms with Crippen LogP contribution >= 0.6 is 0 Å². The van der Waals surface area contributed by atoms with Gasteiger partial charge < -0.3 is 24.8 Å². The molecule has 3 aliphatic rings. The number of alkyl carbamates (subject to hydrolysis) is 1. The Balaban J connectivity index is 1.26. The van der Waals surface area contributed by atoms with Crippen molar-refractivity contribution in [2.75, 3.05) is 26.4 Å². The Morgan fingerprint density at radius 2 is 1.66 bits per heavy atom. The van der Waals surface area contributed by atoms with Gasteiger partial charge in [0, 0.05) is 17.9 Å². The molecule has 2 aromatic carbocycles. The Kier molecular flexibility index (Phi) is 5.59. The summed E-state index contributed by atoms with van der Waals surface area (Å²) in [5, 5.41) is 12.4. The van der Waals surface area contributed by atoms with Gasteiger partial charge in [0.05, 0.1) is 24.7 Å². The molecule has 1 aliphatic carbocycles. The zero-order valence-corrected chi connectivity index (χ0v) is 20.1. The number of hydrogen-bond donors (Lipinski definition) is 2. The number of aliphatic carboxylic acids is 1. The first kappa shape index (κ1) is 23.4. The lowest BCUT2D eigenvalue weighted by molar-refractivity contribution is -0.177. The van der Waals surface area contributed by atoms with Crippen LogP contribution in [0, 0.1) is 10.8 Å². The molecule has 2 aromatic rings. The highest BCUT2D eigenvalue weighted by molar-refractivity contribution is 5.91. The van der Waals surface area contributed by atoms with E-state index in [9.17, 15) is 19.5 Å². The number of rotatable bonds is 5. The highest BCUT2D eigenvalue weighted by Crippen LogP contribution is 2.45. The highest BCUT2D eigenvalue weighted by Gasteiger charge is 2.58. The summed E-state index contributed by atoms with van der Waals surface area (Å²) >= 11 is 0. The number of carboxylic acids is 1. The number of benzene rings is 2. The molecule has 0 radical (unpaired) electrons. The van der Waals surface area contributed by atoms with Crippen LogP contribution < -0.4 is 5.32 Å². The fourth-order valence-electron chi connectivity index (χ4n) is 5.78. The molecular formula is C27H30N2O6. The van der Waals surface area contributed by atoms with E-state index in [0.717, 1.165) is 22.3 Å². The van der Waals surface area contributed by atoms with Gasteiger partial charge in [0.1, 0.15) is 12.6 Å². The lowest BCUT2D eigenvalue weighted by Gasteiger charge is -2.53. The molecule has 35 heavy (non-hydrogen) atoms. The van der Waals surface area contributed by atoms with Gasteiger partial charge in [-0.25, -0.2) is 9.59 Å². The molecule has 2 fully saturated rings. The first-order valence-electron chi connectivity index (χ1n) is 11.9. The van der Waals surface area contributed by atoms with Crippen LogP contribution in [-0.2, 0) is 19.1 Å². The molecule has 5 rings (SSSR count). The Bertz CT molecular complexity index is 1150. The zero-order valence-electron chi connectivity index (χ0n) is 20.1. The summed E-state index contributed by atoms with van der Waals surface area (Å²) in [4.78, 5) is 39.3. The molecule has 2 N–H and O–H groups in total. The van der Waals surface area contributed by atoms with Crippen molar-refractivity contribution in [3.8, 4) is 11.1 Å². The maximum Gasteiger partial charge on any atom is 0.407 e. The molecule has 0 spiro atoms. The first-order valence-corrected chi connectivity index (χ1v) is 11.9. The van der Waals surface area contributed by atoms with Gasteiger partial charge >= 0.3 is 12.1 Å². The maximum atomic E-state index is 13.4. The SMILES string of the molecule is CC1(C)CN(C(=O)C2(C)COCC2NC(=O)OCC2c3ccccc3-c3ccccc32)C1C(=O)O. The van der Waals surface area contributed by atoms with E-state index in [-0.39, 0.29) is 31.6 Å². The number of hydrogen-bond acceptors (Lipinski definition) is 5. The quantitative estimate of drug-likeness (QED) is 0.684. The average molecular weight is 479 g/mol. The molecule has 184 valence electrons. The van der Waals surface area contributed by atoms with Gasteiger partial charge in [-0.3, -0.25) is 4.79 Å². The second-order valence-corrected chi connectivity index (χ2v) is 10.6. The zero-order chi connectivity index (χ0) is 25.0. The van der Waals surface area contributed by atoms with Gasteiger partial charge in [-0.15, -0.1) is 0 Å². The predicted octanol–water partition coefficient (Wildman–Crippen LogP) is 3.25. The maximum absolute atomic E-state index is 13.4. The van der Waals surface area contributed by atoms with Crippen LogP contribution in [0.5, 0.6) is 0 Å². The van der Waals surface area contributed by atoms with E-state index >= 15 is 0 Å². The molecule has 8 heteroatoms. The number of nitrogens with one attached hydrogen (secondary N) is 1. The van der Waals surface area contributed by atoms with Gasteiger partial charge in [-0.05, 0) is 29.2 Å². The third-order valence-corrected chi connectivity index (χ3v) is 7.70. The standard InChI is InChI=1S/C27H30N2O6/c1-26(2)14-29(22(26)23(30)31)24(32)27(3)15-34-13-21(27)28-25(33)35-12-20-18-10-6-4-8-16(18)17-9-5-7-11-19(17)20/h4-11,20-22H,12-15H2,1-3H3,(H,28,33)(H,30,31). The van der Waals surface area contributed by atoms with Crippen molar-refractivity contribution in [1.82, 2.24) is 10.2 Å². The van der Waals surface area contributed by atoms with Gasteiger partial charge in [0.2, 0.25) is 5.91 Å². The van der Waals surface area contributed by atoms with E-state index in [4.69, 9.17) is 9.47 Å². The lowest BCUT2D eigenvalue weighted by atomic mass is 9.72. The molecule has 8 nitrogen and oxygen atoms in total. The number of ether oxygens (including phenoxy) is 2. The van der Waals surface area contributed by atoms with Crippen molar-refractivity contribution in [1.29, 1.82) is 0 Å². The van der Waals surface area contributed by atoms with Crippen molar-refractivity contribution >= 4 is 18.0 Å². The summed E-state index contributed by atoms with van der Waals surface area (Å²) in [6.07, 6.45) is -0.625. The van der Waals surface area contributed by atoms with Crippen molar-refractivity contribution in [2.24, 2.45) is 10.8 Å². The largest absolute Gasteiger partial charge is 0.480 e. The molecule has 2 aliphatic heterocycles. The van der Waals surface area contributed by atoms with E-state index in [1.54, 1.807) is 6.92 Å². The summed E-state index contributed by atoms with van der Waals surface area (Å²) < 4.78 is 11.2. The predicted molar refractivity (Wildman–Crippen MR) is 128 cm³/mol. The second-order valence-electron chi connectivity index (χ2n) is 10.6. The number of amides is 2. The van der Waals surface area contributed by atoms with E-state index in [1.807, 2.05) is 38.1 Å². The monoisotopic (exact) mass is 478 g/mol. The van der Waals surface area contributed by atoms with Gasteiger partial charge in [0.15, 0.2) is 0 Å². The minimum Gasteiger partial charge on any atom is -0.480 e. The fourth-order valence-corrected chi connectivity index (χ4v) is 5.78. The molecule has 2 amide bonds. The Morgan fingerprint density at radius 1 is 1.06 bits per heavy atom. The topological polar surface area (TPSA) is 105 Å². The average Bonchev–Trinajstić information content (AvgIpc) is 3.34. The van der Waals surface area contributed by atoms with E-state index in [1.165, 1.54) is 4.90 Å². The van der Waals surface area contributed by atoms with Crippen molar-refractivity contribution in [2.45, 2.75) is 38.8 Å². The van der Waals surface area contributed by atoms with E-state index < -0.39 is 35.0 Å². The number of nitrogens with zero attached hydrogens (tertiary/aromatic N) is 1. The molecule has 0 saturated carbocycles. The van der Waals surface area contributed by atoms with Crippen molar-refractivity contribution in [3.05, 3.63) is 59.7 Å². The van der Waals surface area contributed by atoms with Gasteiger partial charge in [-0.1, -0.05) is 62.4 Å². The van der Waals surface area contributed by atoms with Crippen LogP contribution in [-0.4, -0.2) is 66.4 Å². The fraction of sp³-hybridized carbons (Fsp3) is 0.444. The van der Waals surface area contributed by atoms with Crippen molar-refractivity contribution in [3.63, 3.8) is 0 Å². The Labute approximate surface area is 204 Å². The summed E-state index contributed by atoms with van der Waals surface area (Å²) in [6, 6.07) is 14.7. The number of fused-ring (bicyclic) bond motifs is 3. The Hall–Kier alpha value is -3.39. The molecule has 3 atom stereocenters. The first-order chi connectivity index (χ1) is 16.6. The Morgan fingerprint density at radius 3 is 2.23 bits per heavy atom. The van der Waals surface area contributed by atoms with Crippen LogP contribution in [0.3, 0.4) is 0 Å². The lowest BCUT2D eigenvalue weighted by Crippen LogP contribution is -2.70. The summed E-state index contributed by atoms with van der Waals surface area (Å²) in [5.74, 6) is -1.43. The van der Waals surface area contributed by atoms with Crippen LogP contribution in [0.4, 0.5) is 4.79 Å². The second kappa shape index (κ2) is 8.37. The van der Waals surface area contributed by atoms with Gasteiger partial charge in [-0.2, -0.15) is 0 Å². The third-order valence-electron chi connectivity index (χ3n) is 7.70. The normalized spacial score (nSPS) is 26.4. The summed E-state index contributed by atoms with van der Waals surface area (Å²) in [5.41, 5.74) is 2.94. The molecule has 0 bridgehead atoms. The van der Waals surface area contributed by atoms with E-state index in [0.29, 0.717) is 6.54 Å². The molecule has 3 unspecified atom stereocenters. The van der Waals surface area contributed by atoms with Crippen LogP contribution in [0.25, 0.3) is 11.1 Å². The van der Waals surface area contributed by atoms with Crippen molar-refractivity contribution < 1.29 is 29.0 Å². The summed E-state index contributed by atoms with van der Waals surface area (Å²) in [7, 11) is 0. The molecule has 2 heterocycles. The minimum absolute atomic E-state index is 0.0689. The van der Waals surface area contributed by atoms with Crippen LogP contribution in [0.1, 0.15) is 37.8 Å². The van der Waals surface area contributed by atoms with E-state index in [2.05, 4.69) is 29.6 Å². The third kappa shape index (κ3) is 3.76. The highest BCUT2D eigenvalue weighted by atomic mass is 16.5. The number of carbonyl (C=O) groups is 3. The molecule has 0 aromatic heterocycles. The number of carboxylic acid groups (broad SMARTS) is 1. The molecule has 2 saturated heterocycles. The number of carbonyl (C=O) groups excluding carboxylic acids is 2. The van der Waals surface area contributed by atoms with Gasteiger partial charge in [0.25, 0.3) is 0 Å². The summed E-state index contributed by atoms with van der Waals surface area (Å²) in [6.45, 7) is 6.13. The number of likely N-dealkylation sites (tertiary alicyclic amines) is 1. The smallest absolute Gasteiger partial charge is 0.407 e. The van der Waals surface area contributed by atoms with Crippen LogP contribution in [0.15, 0.2) is 48.5 Å².